The summed E-state index contributed by atoms with van der Waals surface area (Å²) in [5, 5.41) is 9.05. The zero-order valence-electron chi connectivity index (χ0n) is 10.4. The summed E-state index contributed by atoms with van der Waals surface area (Å²) in [6.07, 6.45) is 2.66. The highest BCUT2D eigenvalue weighted by atomic mass is 79.9. The molecule has 2 heterocycles. The number of carboxylic acids is 1. The quantitative estimate of drug-likeness (QED) is 0.778. The van der Waals surface area contributed by atoms with Gasteiger partial charge in [-0.1, -0.05) is 0 Å². The van der Waals surface area contributed by atoms with Crippen molar-refractivity contribution in [2.24, 2.45) is 0 Å². The van der Waals surface area contributed by atoms with E-state index in [1.807, 2.05) is 10.6 Å². The zero-order chi connectivity index (χ0) is 14.1. The third-order valence-electron chi connectivity index (χ3n) is 3.10. The zero-order valence-corrected chi connectivity index (χ0v) is 12.8. The number of carboxylic acid groups (broad SMARTS) is 1. The molecule has 1 N–H and O–H groups in total. The molecule has 0 aliphatic carbocycles. The lowest BCUT2D eigenvalue weighted by Crippen LogP contribution is -2.00. The Labute approximate surface area is 127 Å². The highest BCUT2D eigenvalue weighted by Crippen LogP contribution is 2.23. The van der Waals surface area contributed by atoms with Crippen molar-refractivity contribution in [1.82, 2.24) is 9.55 Å². The van der Waals surface area contributed by atoms with E-state index in [1.54, 1.807) is 35.9 Å². The molecule has 4 nitrogen and oxygen atoms in total. The first-order valence-electron chi connectivity index (χ1n) is 6.06. The van der Waals surface area contributed by atoms with Crippen LogP contribution >= 0.6 is 27.3 Å². The van der Waals surface area contributed by atoms with Crippen LogP contribution in [0.15, 0.2) is 40.4 Å². The second-order valence-corrected chi connectivity index (χ2v) is 6.95. The van der Waals surface area contributed by atoms with E-state index < -0.39 is 5.97 Å². The summed E-state index contributed by atoms with van der Waals surface area (Å²) in [7, 11) is 0. The number of benzene rings is 1. The summed E-state index contributed by atoms with van der Waals surface area (Å²) in [6, 6.07) is 9.13. The van der Waals surface area contributed by atoms with Crippen molar-refractivity contribution >= 4 is 44.3 Å². The number of hydrogen-bond acceptors (Lipinski definition) is 3. The molecular weight excluding hydrogens is 340 g/mol. The maximum absolute atomic E-state index is 11.0. The Kier molecular flexibility index (Phi) is 3.58. The molecule has 0 fully saturated rings. The molecule has 0 radical (unpaired) electrons. The number of carbonyl (C=O) groups is 1. The van der Waals surface area contributed by atoms with Crippen LogP contribution in [0.4, 0.5) is 0 Å². The van der Waals surface area contributed by atoms with Crippen molar-refractivity contribution in [2.45, 2.75) is 13.0 Å². The molecule has 0 unspecified atom stereocenters. The molecule has 0 aliphatic rings. The number of halogens is 1. The fourth-order valence-corrected chi connectivity index (χ4v) is 3.56. The number of aromatic nitrogens is 2. The van der Waals surface area contributed by atoms with Crippen molar-refractivity contribution in [2.75, 3.05) is 0 Å². The first kappa shape index (κ1) is 13.3. The van der Waals surface area contributed by atoms with E-state index >= 15 is 0 Å². The second kappa shape index (κ2) is 5.38. The molecule has 3 aromatic rings. The van der Waals surface area contributed by atoms with Crippen molar-refractivity contribution in [1.29, 1.82) is 0 Å². The molecule has 0 spiro atoms. The lowest BCUT2D eigenvalue weighted by Gasteiger charge is -2.03. The minimum Gasteiger partial charge on any atom is -0.478 e. The number of aromatic carboxylic acids is 1. The van der Waals surface area contributed by atoms with Gasteiger partial charge in [-0.3, -0.25) is 0 Å². The van der Waals surface area contributed by atoms with Crippen LogP contribution in [-0.4, -0.2) is 20.6 Å². The Morgan fingerprint density at radius 2 is 2.20 bits per heavy atom. The summed E-state index contributed by atoms with van der Waals surface area (Å²) in [4.78, 5) is 16.6. The van der Waals surface area contributed by atoms with Crippen LogP contribution in [0.3, 0.4) is 0 Å². The Morgan fingerprint density at radius 1 is 1.35 bits per heavy atom. The van der Waals surface area contributed by atoms with E-state index in [-0.39, 0.29) is 5.56 Å². The molecule has 0 atom stereocenters. The van der Waals surface area contributed by atoms with E-state index in [0.29, 0.717) is 0 Å². The van der Waals surface area contributed by atoms with Gasteiger partial charge in [0.1, 0.15) is 0 Å². The molecule has 1 aromatic carbocycles. The van der Waals surface area contributed by atoms with E-state index in [9.17, 15) is 4.79 Å². The Morgan fingerprint density at radius 3 is 2.90 bits per heavy atom. The molecule has 0 saturated carbocycles. The molecule has 0 amide bonds. The van der Waals surface area contributed by atoms with E-state index in [4.69, 9.17) is 5.11 Å². The summed E-state index contributed by atoms with van der Waals surface area (Å²) in [5.41, 5.74) is 1.97. The predicted octanol–water partition coefficient (Wildman–Crippen LogP) is 3.80. The third-order valence-corrected chi connectivity index (χ3v) is 4.78. The third kappa shape index (κ3) is 2.62. The molecule has 6 heteroatoms. The summed E-state index contributed by atoms with van der Waals surface area (Å²) in [5.74, 6) is -0.915. The van der Waals surface area contributed by atoms with Gasteiger partial charge in [0.05, 0.1) is 26.7 Å². The number of aryl methyl sites for hydroxylation is 2. The monoisotopic (exact) mass is 350 g/mol. The van der Waals surface area contributed by atoms with Gasteiger partial charge < -0.3 is 9.67 Å². The number of imidazole rings is 1. The smallest absolute Gasteiger partial charge is 0.335 e. The molecule has 102 valence electrons. The molecule has 20 heavy (non-hydrogen) atoms. The molecule has 2 aromatic heterocycles. The van der Waals surface area contributed by atoms with Crippen LogP contribution in [0, 0.1) is 0 Å². The summed E-state index contributed by atoms with van der Waals surface area (Å²) < 4.78 is 3.12. The van der Waals surface area contributed by atoms with Crippen LogP contribution < -0.4 is 0 Å². The fourth-order valence-electron chi connectivity index (χ4n) is 2.08. The maximum atomic E-state index is 11.0. The van der Waals surface area contributed by atoms with Gasteiger partial charge in [0, 0.05) is 11.4 Å². The fraction of sp³-hybridized carbons (Fsp3) is 0.143. The van der Waals surface area contributed by atoms with E-state index in [0.717, 1.165) is 27.8 Å². The van der Waals surface area contributed by atoms with Crippen LogP contribution in [0.5, 0.6) is 0 Å². The van der Waals surface area contributed by atoms with Crippen molar-refractivity contribution in [3.05, 3.63) is 50.9 Å². The first-order chi connectivity index (χ1) is 9.63. The molecule has 0 aliphatic heterocycles. The highest BCUT2D eigenvalue weighted by Gasteiger charge is 2.08. The average Bonchev–Trinajstić information content (AvgIpc) is 3.02. The molecule has 3 rings (SSSR count). The van der Waals surface area contributed by atoms with Gasteiger partial charge in [-0.2, -0.15) is 0 Å². The Hall–Kier alpha value is -1.66. The molecule has 0 bridgehead atoms. The first-order valence-corrected chi connectivity index (χ1v) is 7.67. The largest absolute Gasteiger partial charge is 0.478 e. The second-order valence-electron chi connectivity index (χ2n) is 4.40. The standard InChI is InChI=1S/C14H11BrN2O2S/c15-13-4-2-10(20-13)5-6-17-8-16-11-3-1-9(14(18)19)7-12(11)17/h1-4,7-8H,5-6H2,(H,18,19). The SMILES string of the molecule is O=C(O)c1ccc2ncn(CCc3ccc(Br)s3)c2c1. The minimum atomic E-state index is -0.915. The number of rotatable bonds is 4. The number of fused-ring (bicyclic) bond motifs is 1. The van der Waals surface area contributed by atoms with Gasteiger partial charge in [-0.05, 0) is 52.7 Å². The van der Waals surface area contributed by atoms with Crippen molar-refractivity contribution < 1.29 is 9.90 Å². The van der Waals surface area contributed by atoms with Crippen molar-refractivity contribution in [3.8, 4) is 0 Å². The predicted molar refractivity (Wildman–Crippen MR) is 82.4 cm³/mol. The number of thiophene rings is 1. The van der Waals surface area contributed by atoms with Crippen LogP contribution in [0.2, 0.25) is 0 Å². The van der Waals surface area contributed by atoms with Crippen LogP contribution in [0.1, 0.15) is 15.2 Å². The molecule has 0 saturated heterocycles. The van der Waals surface area contributed by atoms with Gasteiger partial charge in [0.15, 0.2) is 0 Å². The van der Waals surface area contributed by atoms with Gasteiger partial charge in [0.2, 0.25) is 0 Å². The number of nitrogens with zero attached hydrogens (tertiary/aromatic N) is 2. The van der Waals surface area contributed by atoms with Crippen LogP contribution in [0.25, 0.3) is 11.0 Å². The van der Waals surface area contributed by atoms with Gasteiger partial charge in [0.25, 0.3) is 0 Å². The maximum Gasteiger partial charge on any atom is 0.335 e. The Bertz CT molecular complexity index is 778. The van der Waals surface area contributed by atoms with Crippen LogP contribution in [-0.2, 0) is 13.0 Å². The number of hydrogen-bond donors (Lipinski definition) is 1. The summed E-state index contributed by atoms with van der Waals surface area (Å²) in [6.45, 7) is 0.784. The normalized spacial score (nSPS) is 11.1. The molecular formula is C14H11BrN2O2S. The van der Waals surface area contributed by atoms with Gasteiger partial charge >= 0.3 is 5.97 Å². The Balaban J connectivity index is 1.87. The van der Waals surface area contributed by atoms with Gasteiger partial charge in [-0.15, -0.1) is 11.3 Å². The lowest BCUT2D eigenvalue weighted by atomic mass is 10.2. The lowest BCUT2D eigenvalue weighted by molar-refractivity contribution is 0.0697. The van der Waals surface area contributed by atoms with E-state index in [2.05, 4.69) is 27.0 Å². The highest BCUT2D eigenvalue weighted by molar-refractivity contribution is 9.11. The minimum absolute atomic E-state index is 0.290. The summed E-state index contributed by atoms with van der Waals surface area (Å²) >= 11 is 5.16. The van der Waals surface area contributed by atoms with Gasteiger partial charge in [-0.25, -0.2) is 9.78 Å². The topological polar surface area (TPSA) is 55.1 Å². The van der Waals surface area contributed by atoms with Crippen molar-refractivity contribution in [3.63, 3.8) is 0 Å². The average molecular weight is 351 g/mol. The van der Waals surface area contributed by atoms with E-state index in [1.165, 1.54) is 4.88 Å².